The minimum Gasteiger partial charge on any atom is -0.394 e. The molecule has 0 aromatic heterocycles. The van der Waals surface area contributed by atoms with E-state index in [1.54, 1.807) is 0 Å². The van der Waals surface area contributed by atoms with Crippen LogP contribution in [0.1, 0.15) is 284 Å². The lowest BCUT2D eigenvalue weighted by Crippen LogP contribution is -2.45. The molecule has 2 unspecified atom stereocenters. The van der Waals surface area contributed by atoms with Crippen LogP contribution in [0.5, 0.6) is 0 Å². The molecule has 0 spiro atoms. The summed E-state index contributed by atoms with van der Waals surface area (Å²) in [6, 6.07) is -0.541. The molecule has 1 amide bonds. The van der Waals surface area contributed by atoms with E-state index in [2.05, 4.69) is 79.9 Å². The minimum absolute atomic E-state index is 0.0335. The Morgan fingerprint density at radius 3 is 1.06 bits per heavy atom. The van der Waals surface area contributed by atoms with E-state index in [1.165, 1.54) is 199 Å². The molecule has 4 heteroatoms. The molecule has 3 N–H and O–H groups in total. The molecule has 0 radical (unpaired) electrons. The van der Waals surface area contributed by atoms with Crippen molar-refractivity contribution >= 4 is 5.91 Å². The summed E-state index contributed by atoms with van der Waals surface area (Å²) in [7, 11) is 0. The lowest BCUT2D eigenvalue weighted by molar-refractivity contribution is -0.123. The van der Waals surface area contributed by atoms with Gasteiger partial charge in [-0.3, -0.25) is 4.79 Å². The van der Waals surface area contributed by atoms with Crippen molar-refractivity contribution in [3.05, 3.63) is 60.8 Å². The molecule has 0 aliphatic carbocycles. The van der Waals surface area contributed by atoms with Crippen LogP contribution < -0.4 is 5.32 Å². The van der Waals surface area contributed by atoms with Gasteiger partial charge in [-0.25, -0.2) is 0 Å². The Hall–Kier alpha value is -1.91. The van der Waals surface area contributed by atoms with Gasteiger partial charge in [-0.15, -0.1) is 0 Å². The van der Waals surface area contributed by atoms with Crippen molar-refractivity contribution in [2.45, 2.75) is 296 Å². The topological polar surface area (TPSA) is 69.6 Å². The molecule has 62 heavy (non-hydrogen) atoms. The number of unbranched alkanes of at least 4 members (excludes halogenated alkanes) is 33. The van der Waals surface area contributed by atoms with Gasteiger partial charge in [0.2, 0.25) is 5.91 Å². The second-order valence-corrected chi connectivity index (χ2v) is 18.6. The van der Waals surface area contributed by atoms with Crippen LogP contribution in [0, 0.1) is 0 Å². The Bertz CT molecular complexity index is 1030. The summed E-state index contributed by atoms with van der Waals surface area (Å²) in [6.07, 6.45) is 74.8. The quantitative estimate of drug-likeness (QED) is 0.0421. The molecule has 0 bridgehead atoms. The number of hydrogen-bond donors (Lipinski definition) is 3. The van der Waals surface area contributed by atoms with Crippen molar-refractivity contribution < 1.29 is 15.0 Å². The first-order valence-corrected chi connectivity index (χ1v) is 27.5. The minimum atomic E-state index is -0.664. The van der Waals surface area contributed by atoms with Gasteiger partial charge in [0.25, 0.3) is 0 Å². The third kappa shape index (κ3) is 49.1. The molecule has 0 aromatic carbocycles. The number of amides is 1. The van der Waals surface area contributed by atoms with Crippen LogP contribution in [-0.4, -0.2) is 34.9 Å². The molecular weight excluding hydrogens is 759 g/mol. The highest BCUT2D eigenvalue weighted by atomic mass is 16.3. The average Bonchev–Trinajstić information content (AvgIpc) is 3.28. The van der Waals surface area contributed by atoms with E-state index in [1.807, 2.05) is 0 Å². The maximum atomic E-state index is 12.5. The average molecular weight is 866 g/mol. The Labute approximate surface area is 387 Å². The zero-order valence-corrected chi connectivity index (χ0v) is 41.6. The lowest BCUT2D eigenvalue weighted by atomic mass is 10.0. The monoisotopic (exact) mass is 866 g/mol. The number of nitrogens with one attached hydrogen (secondary N) is 1. The van der Waals surface area contributed by atoms with Gasteiger partial charge in [0, 0.05) is 6.42 Å². The molecule has 362 valence electrons. The number of carbonyl (C=O) groups excluding carboxylic acids is 1. The van der Waals surface area contributed by atoms with Gasteiger partial charge in [-0.2, -0.15) is 0 Å². The van der Waals surface area contributed by atoms with Gasteiger partial charge < -0.3 is 15.5 Å². The highest BCUT2D eigenvalue weighted by Gasteiger charge is 2.20. The molecule has 0 fully saturated rings. The SMILES string of the molecule is CC/C=C\C/C=C\C/C=C\C/C=C\C/C=C\CCCCCCCCCCCCCC(=O)NC(CO)C(O)CCCCCCCCCCCCCCCCCCCCCCCCC. The fourth-order valence-electron chi connectivity index (χ4n) is 8.39. The van der Waals surface area contributed by atoms with Crippen LogP contribution in [0.3, 0.4) is 0 Å². The Kier molecular flexibility index (Phi) is 51.8. The molecule has 0 saturated carbocycles. The van der Waals surface area contributed by atoms with Gasteiger partial charge in [0.15, 0.2) is 0 Å². The zero-order chi connectivity index (χ0) is 44.9. The van der Waals surface area contributed by atoms with E-state index in [9.17, 15) is 15.0 Å². The Morgan fingerprint density at radius 1 is 0.403 bits per heavy atom. The molecule has 0 saturated heterocycles. The van der Waals surface area contributed by atoms with Gasteiger partial charge in [0.05, 0.1) is 18.8 Å². The Balaban J connectivity index is 3.49. The summed E-state index contributed by atoms with van der Waals surface area (Å²) >= 11 is 0. The highest BCUT2D eigenvalue weighted by Crippen LogP contribution is 2.17. The predicted molar refractivity (Wildman–Crippen MR) is 276 cm³/mol. The number of aliphatic hydroxyl groups excluding tert-OH is 2. The van der Waals surface area contributed by atoms with E-state index in [-0.39, 0.29) is 12.5 Å². The van der Waals surface area contributed by atoms with Crippen LogP contribution >= 0.6 is 0 Å². The molecule has 2 atom stereocenters. The molecular formula is C58H107NO3. The number of rotatable bonds is 50. The van der Waals surface area contributed by atoms with Crippen molar-refractivity contribution in [3.8, 4) is 0 Å². The predicted octanol–water partition coefficient (Wildman–Crippen LogP) is 18.0. The molecule has 0 aromatic rings. The molecule has 4 nitrogen and oxygen atoms in total. The third-order valence-electron chi connectivity index (χ3n) is 12.5. The zero-order valence-electron chi connectivity index (χ0n) is 41.6. The Morgan fingerprint density at radius 2 is 0.710 bits per heavy atom. The van der Waals surface area contributed by atoms with E-state index in [4.69, 9.17) is 0 Å². The normalized spacial score (nSPS) is 13.3. The van der Waals surface area contributed by atoms with Crippen LogP contribution in [-0.2, 0) is 4.79 Å². The number of aliphatic hydroxyl groups is 2. The van der Waals surface area contributed by atoms with Gasteiger partial charge in [-0.1, -0.05) is 280 Å². The highest BCUT2D eigenvalue weighted by molar-refractivity contribution is 5.76. The van der Waals surface area contributed by atoms with Crippen LogP contribution in [0.15, 0.2) is 60.8 Å². The summed E-state index contributed by atoms with van der Waals surface area (Å²) in [5, 5.41) is 23.3. The molecule has 0 aliphatic heterocycles. The lowest BCUT2D eigenvalue weighted by Gasteiger charge is -2.22. The fourth-order valence-corrected chi connectivity index (χ4v) is 8.39. The maximum absolute atomic E-state index is 12.5. The largest absolute Gasteiger partial charge is 0.394 e. The van der Waals surface area contributed by atoms with Crippen LogP contribution in [0.2, 0.25) is 0 Å². The van der Waals surface area contributed by atoms with Gasteiger partial charge >= 0.3 is 0 Å². The van der Waals surface area contributed by atoms with Crippen molar-refractivity contribution in [1.29, 1.82) is 0 Å². The first kappa shape index (κ1) is 60.1. The van der Waals surface area contributed by atoms with E-state index in [0.29, 0.717) is 12.8 Å². The standard InChI is InChI=1S/C58H107NO3/c1-3-5-7-9-11-13-15-17-19-21-23-25-27-28-29-30-32-34-36-38-40-42-44-46-48-50-52-54-58(62)59-56(55-60)57(61)53-51-49-47-45-43-41-39-37-35-33-31-26-24-22-20-18-16-14-12-10-8-6-4-2/h5,7,11,13,17,19,23,25,28-29,56-57,60-61H,3-4,6,8-10,12,14-16,18,20-22,24,26-27,30-55H2,1-2H3,(H,59,62)/b7-5-,13-11-,19-17-,25-23-,29-28-. The number of hydrogen-bond acceptors (Lipinski definition) is 3. The second-order valence-electron chi connectivity index (χ2n) is 18.6. The fraction of sp³-hybridized carbons (Fsp3) is 0.810. The summed E-state index contributed by atoms with van der Waals surface area (Å²) < 4.78 is 0. The number of carbonyl (C=O) groups is 1. The summed E-state index contributed by atoms with van der Waals surface area (Å²) in [6.45, 7) is 4.27. The van der Waals surface area contributed by atoms with E-state index >= 15 is 0 Å². The first-order valence-electron chi connectivity index (χ1n) is 27.5. The summed E-state index contributed by atoms with van der Waals surface area (Å²) in [5.41, 5.74) is 0. The number of allylic oxidation sites excluding steroid dienone is 10. The summed E-state index contributed by atoms with van der Waals surface area (Å²) in [5.74, 6) is -0.0335. The first-order chi connectivity index (χ1) is 30.7. The van der Waals surface area contributed by atoms with Crippen molar-refractivity contribution in [3.63, 3.8) is 0 Å². The van der Waals surface area contributed by atoms with E-state index < -0.39 is 12.1 Å². The molecule has 0 heterocycles. The summed E-state index contributed by atoms with van der Waals surface area (Å²) in [4.78, 5) is 12.5. The van der Waals surface area contributed by atoms with E-state index in [0.717, 1.165) is 57.8 Å². The van der Waals surface area contributed by atoms with Crippen LogP contribution in [0.4, 0.5) is 0 Å². The van der Waals surface area contributed by atoms with Crippen molar-refractivity contribution in [2.75, 3.05) is 6.61 Å². The molecule has 0 aliphatic rings. The maximum Gasteiger partial charge on any atom is 0.220 e. The van der Waals surface area contributed by atoms with Crippen molar-refractivity contribution in [2.24, 2.45) is 0 Å². The van der Waals surface area contributed by atoms with Gasteiger partial charge in [0.1, 0.15) is 0 Å². The smallest absolute Gasteiger partial charge is 0.220 e. The molecule has 0 rings (SSSR count). The van der Waals surface area contributed by atoms with Crippen LogP contribution in [0.25, 0.3) is 0 Å². The third-order valence-corrected chi connectivity index (χ3v) is 12.5. The second kappa shape index (κ2) is 53.4. The van der Waals surface area contributed by atoms with Gasteiger partial charge in [-0.05, 0) is 57.8 Å². The van der Waals surface area contributed by atoms with Crippen molar-refractivity contribution in [1.82, 2.24) is 5.32 Å².